The van der Waals surface area contributed by atoms with Gasteiger partial charge in [0, 0.05) is 6.20 Å². The van der Waals surface area contributed by atoms with Gasteiger partial charge in [-0.2, -0.15) is 0 Å². The van der Waals surface area contributed by atoms with Crippen LogP contribution in [-0.2, 0) is 0 Å². The summed E-state index contributed by atoms with van der Waals surface area (Å²) in [6.07, 6.45) is 2.01. The van der Waals surface area contributed by atoms with Crippen LogP contribution in [0.5, 0.6) is 0 Å². The number of Topliss-reactive ketones (excluding diaryl/α,β-unsaturated/α-hetero) is 1. The molecule has 0 unspecified atom stereocenters. The summed E-state index contributed by atoms with van der Waals surface area (Å²) in [7, 11) is 0. The zero-order chi connectivity index (χ0) is 11.7. The van der Waals surface area contributed by atoms with E-state index in [1.54, 1.807) is 18.3 Å². The van der Waals surface area contributed by atoms with Crippen LogP contribution in [0.25, 0.3) is 0 Å². The van der Waals surface area contributed by atoms with Crippen LogP contribution in [0.1, 0.15) is 22.3 Å². The van der Waals surface area contributed by atoms with Crippen molar-refractivity contribution in [1.82, 2.24) is 4.98 Å². The molecule has 3 heteroatoms. The molecule has 82 valence electrons. The highest BCUT2D eigenvalue weighted by Gasteiger charge is 2.20. The highest BCUT2D eigenvalue weighted by molar-refractivity contribution is 6.20. The Hall–Kier alpha value is -2.29. The van der Waals surface area contributed by atoms with Gasteiger partial charge in [0.1, 0.15) is 0 Å². The van der Waals surface area contributed by atoms with Gasteiger partial charge >= 0.3 is 0 Å². The Bertz CT molecular complexity index is 603. The summed E-state index contributed by atoms with van der Waals surface area (Å²) in [5.41, 5.74) is 2.39. The second-order valence-electron chi connectivity index (χ2n) is 3.90. The molecule has 17 heavy (non-hydrogen) atoms. The Kier molecular flexibility index (Phi) is 2.29. The monoisotopic (exact) mass is 222 g/mol. The smallest absolute Gasteiger partial charge is 0.172 e. The molecule has 1 aliphatic rings. The molecule has 1 aliphatic heterocycles. The van der Waals surface area contributed by atoms with Gasteiger partial charge in [-0.05, 0) is 17.7 Å². The van der Waals surface area contributed by atoms with Crippen LogP contribution >= 0.6 is 0 Å². The largest absolute Gasteiger partial charge is 0.294 e. The number of carbonyl (C=O) groups excluding carboxylic acids is 1. The third-order valence-corrected chi connectivity index (χ3v) is 2.76. The molecule has 0 aliphatic carbocycles. The van der Waals surface area contributed by atoms with Crippen LogP contribution in [0.4, 0.5) is 5.82 Å². The summed E-state index contributed by atoms with van der Waals surface area (Å²) in [6.45, 7) is 0. The van der Waals surface area contributed by atoms with Gasteiger partial charge in [-0.25, -0.2) is 9.98 Å². The number of fused-ring (bicyclic) bond motifs is 1. The van der Waals surface area contributed by atoms with E-state index in [1.807, 2.05) is 30.3 Å². The summed E-state index contributed by atoms with van der Waals surface area (Å²) in [6, 6.07) is 13.3. The van der Waals surface area contributed by atoms with E-state index in [9.17, 15) is 4.79 Å². The van der Waals surface area contributed by atoms with Crippen molar-refractivity contribution in [3.05, 3.63) is 59.8 Å². The average Bonchev–Trinajstić information content (AvgIpc) is 2.40. The lowest BCUT2D eigenvalue weighted by atomic mass is 9.98. The molecule has 0 spiro atoms. The number of rotatable bonds is 1. The van der Waals surface area contributed by atoms with Gasteiger partial charge in [0.25, 0.3) is 0 Å². The Morgan fingerprint density at radius 1 is 1.00 bits per heavy atom. The van der Waals surface area contributed by atoms with Crippen LogP contribution in [0.15, 0.2) is 53.7 Å². The van der Waals surface area contributed by atoms with Crippen LogP contribution in [0.3, 0.4) is 0 Å². The van der Waals surface area contributed by atoms with Crippen molar-refractivity contribution in [2.75, 3.05) is 0 Å². The number of hydrogen-bond donors (Lipinski definition) is 0. The molecule has 0 atom stereocenters. The van der Waals surface area contributed by atoms with Gasteiger partial charge in [-0.15, -0.1) is 0 Å². The molecule has 0 amide bonds. The summed E-state index contributed by atoms with van der Waals surface area (Å²) in [5.74, 6) is 0.615. The summed E-state index contributed by atoms with van der Waals surface area (Å²) in [5, 5.41) is 0. The molecule has 3 rings (SSSR count). The third-order valence-electron chi connectivity index (χ3n) is 2.76. The van der Waals surface area contributed by atoms with Gasteiger partial charge in [-0.1, -0.05) is 30.3 Å². The molecular weight excluding hydrogens is 212 g/mol. The zero-order valence-electron chi connectivity index (χ0n) is 9.13. The number of ketones is 1. The molecule has 0 N–H and O–H groups in total. The predicted octanol–water partition coefficient (Wildman–Crippen LogP) is 2.79. The number of nitrogens with zero attached hydrogens (tertiary/aromatic N) is 2. The Morgan fingerprint density at radius 2 is 1.82 bits per heavy atom. The maximum atomic E-state index is 11.9. The first-order chi connectivity index (χ1) is 8.34. The van der Waals surface area contributed by atoms with Crippen LogP contribution in [-0.4, -0.2) is 16.5 Å². The van der Waals surface area contributed by atoms with Crippen molar-refractivity contribution in [2.45, 2.75) is 6.42 Å². The summed E-state index contributed by atoms with van der Waals surface area (Å²) >= 11 is 0. The van der Waals surface area contributed by atoms with E-state index in [2.05, 4.69) is 9.98 Å². The lowest BCUT2D eigenvalue weighted by Gasteiger charge is -2.13. The second kappa shape index (κ2) is 3.94. The van der Waals surface area contributed by atoms with Crippen molar-refractivity contribution < 1.29 is 4.79 Å². The topological polar surface area (TPSA) is 42.3 Å². The van der Waals surface area contributed by atoms with E-state index in [-0.39, 0.29) is 5.78 Å². The van der Waals surface area contributed by atoms with E-state index in [1.165, 1.54) is 0 Å². The highest BCUT2D eigenvalue weighted by atomic mass is 16.1. The van der Waals surface area contributed by atoms with Gasteiger partial charge in [0.05, 0.1) is 17.7 Å². The fourth-order valence-electron chi connectivity index (χ4n) is 1.92. The molecule has 0 saturated carbocycles. The number of aromatic nitrogens is 1. The Morgan fingerprint density at radius 3 is 2.65 bits per heavy atom. The quantitative estimate of drug-likeness (QED) is 0.744. The minimum atomic E-state index is 0.0851. The first-order valence-corrected chi connectivity index (χ1v) is 5.46. The number of pyridine rings is 1. The van der Waals surface area contributed by atoms with Crippen LogP contribution in [0, 0.1) is 0 Å². The predicted molar refractivity (Wildman–Crippen MR) is 65.8 cm³/mol. The molecule has 0 radical (unpaired) electrons. The maximum Gasteiger partial charge on any atom is 0.172 e. The van der Waals surface area contributed by atoms with Gasteiger partial charge in [0.15, 0.2) is 11.6 Å². The van der Waals surface area contributed by atoms with Crippen LogP contribution in [0.2, 0.25) is 0 Å². The minimum absolute atomic E-state index is 0.0851. The van der Waals surface area contributed by atoms with Gasteiger partial charge < -0.3 is 0 Å². The fourth-order valence-corrected chi connectivity index (χ4v) is 1.92. The van der Waals surface area contributed by atoms with Gasteiger partial charge in [-0.3, -0.25) is 4.79 Å². The average molecular weight is 222 g/mol. The molecule has 2 heterocycles. The fraction of sp³-hybridized carbons (Fsp3) is 0.0714. The number of benzene rings is 1. The van der Waals surface area contributed by atoms with Crippen LogP contribution < -0.4 is 0 Å². The first-order valence-electron chi connectivity index (χ1n) is 5.46. The second-order valence-corrected chi connectivity index (χ2v) is 3.90. The molecule has 0 bridgehead atoms. The van der Waals surface area contributed by atoms with Crippen molar-refractivity contribution in [3.63, 3.8) is 0 Å². The van der Waals surface area contributed by atoms with E-state index >= 15 is 0 Å². The standard InChI is InChI=1S/C14H10N2O/c17-13-9-12(10-5-2-1-3-6-10)16-14-11(13)7-4-8-15-14/h1-8H,9H2. The normalized spacial score (nSPS) is 14.1. The minimum Gasteiger partial charge on any atom is -0.294 e. The van der Waals surface area contributed by atoms with E-state index in [4.69, 9.17) is 0 Å². The van der Waals surface area contributed by atoms with Crippen molar-refractivity contribution >= 4 is 17.3 Å². The lowest BCUT2D eigenvalue weighted by Crippen LogP contribution is -2.14. The zero-order valence-corrected chi connectivity index (χ0v) is 9.13. The van der Waals surface area contributed by atoms with Crippen molar-refractivity contribution in [3.8, 4) is 0 Å². The maximum absolute atomic E-state index is 11.9. The summed E-state index contributed by atoms with van der Waals surface area (Å²) in [4.78, 5) is 20.5. The molecule has 1 aromatic carbocycles. The Labute approximate surface area is 98.9 Å². The molecule has 0 saturated heterocycles. The molecule has 2 aromatic rings. The molecular formula is C14H10N2O. The van der Waals surface area contributed by atoms with Crippen molar-refractivity contribution in [1.29, 1.82) is 0 Å². The molecule has 1 aromatic heterocycles. The highest BCUT2D eigenvalue weighted by Crippen LogP contribution is 2.24. The van der Waals surface area contributed by atoms with Gasteiger partial charge in [0.2, 0.25) is 0 Å². The number of hydrogen-bond acceptors (Lipinski definition) is 3. The van der Waals surface area contributed by atoms with E-state index in [0.717, 1.165) is 11.3 Å². The Balaban J connectivity index is 2.11. The number of carbonyl (C=O) groups is 1. The van der Waals surface area contributed by atoms with E-state index in [0.29, 0.717) is 17.8 Å². The van der Waals surface area contributed by atoms with E-state index < -0.39 is 0 Å². The van der Waals surface area contributed by atoms with Crippen molar-refractivity contribution in [2.24, 2.45) is 4.99 Å². The summed E-state index contributed by atoms with van der Waals surface area (Å²) < 4.78 is 0. The molecule has 3 nitrogen and oxygen atoms in total. The SMILES string of the molecule is O=C1CC(c2ccccc2)=Nc2ncccc21. The lowest BCUT2D eigenvalue weighted by molar-refractivity contribution is 0.0999. The molecule has 0 fully saturated rings. The first kappa shape index (κ1) is 9.90. The number of aliphatic imine (C=N–C) groups is 1. The third kappa shape index (κ3) is 1.76.